The maximum atomic E-state index is 5.30. The quantitative estimate of drug-likeness (QED) is 0.331. The van der Waals surface area contributed by atoms with Crippen molar-refractivity contribution in [2.24, 2.45) is 0 Å². The third-order valence-corrected chi connectivity index (χ3v) is 6.76. The Bertz CT molecular complexity index is 1130. The van der Waals surface area contributed by atoms with E-state index in [1.54, 1.807) is 7.11 Å². The third kappa shape index (κ3) is 5.22. The van der Waals surface area contributed by atoms with Crippen molar-refractivity contribution in [3.05, 3.63) is 126 Å². The van der Waals surface area contributed by atoms with Crippen LogP contribution in [-0.4, -0.2) is 43.1 Å². The molecule has 4 aromatic rings. The van der Waals surface area contributed by atoms with E-state index in [1.165, 1.54) is 27.8 Å². The Morgan fingerprint density at radius 1 is 0.647 bits per heavy atom. The number of hydrogen-bond acceptors (Lipinski definition) is 3. The van der Waals surface area contributed by atoms with E-state index in [2.05, 4.69) is 107 Å². The van der Waals surface area contributed by atoms with Gasteiger partial charge in [0, 0.05) is 32.7 Å². The van der Waals surface area contributed by atoms with E-state index in [4.69, 9.17) is 4.74 Å². The maximum absolute atomic E-state index is 5.30. The Kier molecular flexibility index (Phi) is 7.04. The summed E-state index contributed by atoms with van der Waals surface area (Å²) in [5, 5.41) is 0. The summed E-state index contributed by atoms with van der Waals surface area (Å²) in [6.45, 7) is 5.25. The average Bonchev–Trinajstić information content (AvgIpc) is 2.91. The fourth-order valence-corrected chi connectivity index (χ4v) is 4.96. The van der Waals surface area contributed by atoms with Crippen LogP contribution in [0, 0.1) is 0 Å². The molecule has 0 spiro atoms. The fourth-order valence-electron chi connectivity index (χ4n) is 4.96. The summed E-state index contributed by atoms with van der Waals surface area (Å²) in [6, 6.07) is 39.4. The van der Waals surface area contributed by atoms with Crippen molar-refractivity contribution in [3.8, 4) is 16.9 Å². The molecule has 0 bridgehead atoms. The molecule has 0 radical (unpaired) electrons. The number of hydrogen-bond donors (Lipinski definition) is 0. The van der Waals surface area contributed by atoms with Crippen LogP contribution in [0.4, 0.5) is 0 Å². The number of rotatable bonds is 7. The van der Waals surface area contributed by atoms with E-state index in [0.29, 0.717) is 6.04 Å². The van der Waals surface area contributed by atoms with Crippen molar-refractivity contribution < 1.29 is 4.74 Å². The van der Waals surface area contributed by atoms with Gasteiger partial charge >= 0.3 is 0 Å². The van der Waals surface area contributed by atoms with Crippen LogP contribution in [-0.2, 0) is 6.54 Å². The molecule has 1 saturated heterocycles. The second-order valence-corrected chi connectivity index (χ2v) is 8.96. The van der Waals surface area contributed by atoms with Crippen LogP contribution in [0.25, 0.3) is 11.1 Å². The molecule has 3 heteroatoms. The minimum absolute atomic E-state index is 0.308. The van der Waals surface area contributed by atoms with Crippen molar-refractivity contribution in [3.63, 3.8) is 0 Å². The zero-order chi connectivity index (χ0) is 23.2. The summed E-state index contributed by atoms with van der Waals surface area (Å²) < 4.78 is 5.30. The van der Waals surface area contributed by atoms with Gasteiger partial charge in [0.25, 0.3) is 0 Å². The molecule has 0 amide bonds. The molecule has 0 aromatic heterocycles. The van der Waals surface area contributed by atoms with Crippen molar-refractivity contribution in [2.75, 3.05) is 33.3 Å². The lowest BCUT2D eigenvalue weighted by atomic mass is 9.96. The second kappa shape index (κ2) is 10.7. The van der Waals surface area contributed by atoms with Gasteiger partial charge in [-0.05, 0) is 46.0 Å². The molecule has 1 fully saturated rings. The molecule has 0 unspecified atom stereocenters. The number of ether oxygens (including phenoxy) is 1. The monoisotopic (exact) mass is 448 g/mol. The minimum Gasteiger partial charge on any atom is -0.497 e. The van der Waals surface area contributed by atoms with Crippen LogP contribution in [0.5, 0.6) is 5.75 Å². The molecule has 5 rings (SSSR count). The van der Waals surface area contributed by atoms with Gasteiger partial charge in [0.2, 0.25) is 0 Å². The van der Waals surface area contributed by atoms with E-state index >= 15 is 0 Å². The average molecular weight is 449 g/mol. The zero-order valence-corrected chi connectivity index (χ0v) is 19.8. The highest BCUT2D eigenvalue weighted by Crippen LogP contribution is 2.30. The van der Waals surface area contributed by atoms with Crippen molar-refractivity contribution in [1.29, 1.82) is 0 Å². The van der Waals surface area contributed by atoms with Crippen LogP contribution in [0.1, 0.15) is 22.7 Å². The molecule has 4 aromatic carbocycles. The van der Waals surface area contributed by atoms with Gasteiger partial charge in [-0.1, -0.05) is 91.0 Å². The van der Waals surface area contributed by atoms with Gasteiger partial charge in [0.1, 0.15) is 5.75 Å². The van der Waals surface area contributed by atoms with Crippen molar-refractivity contribution in [1.82, 2.24) is 9.80 Å². The highest BCUT2D eigenvalue weighted by atomic mass is 16.5. The van der Waals surface area contributed by atoms with Crippen LogP contribution >= 0.6 is 0 Å². The lowest BCUT2D eigenvalue weighted by Crippen LogP contribution is -2.47. The maximum Gasteiger partial charge on any atom is 0.118 e. The van der Waals surface area contributed by atoms with E-state index in [1.807, 2.05) is 12.1 Å². The number of piperazine rings is 1. The SMILES string of the molecule is COc1ccc(-c2cccc(CN3CCN(C(c4ccccc4)c4ccccc4)CC3)c2)cc1. The minimum atomic E-state index is 0.308. The van der Waals surface area contributed by atoms with E-state index in [0.717, 1.165) is 38.5 Å². The smallest absolute Gasteiger partial charge is 0.118 e. The molecule has 1 aliphatic heterocycles. The molecule has 1 aliphatic rings. The Morgan fingerprint density at radius 3 is 1.85 bits per heavy atom. The largest absolute Gasteiger partial charge is 0.497 e. The predicted molar refractivity (Wildman–Crippen MR) is 140 cm³/mol. The first-order chi connectivity index (χ1) is 16.8. The van der Waals surface area contributed by atoms with Gasteiger partial charge in [-0.15, -0.1) is 0 Å². The number of methoxy groups -OCH3 is 1. The topological polar surface area (TPSA) is 15.7 Å². The van der Waals surface area contributed by atoms with Gasteiger partial charge in [-0.3, -0.25) is 9.80 Å². The Labute approximate surface area is 203 Å². The summed E-state index contributed by atoms with van der Waals surface area (Å²) in [7, 11) is 1.71. The van der Waals surface area contributed by atoms with Gasteiger partial charge < -0.3 is 4.74 Å². The summed E-state index contributed by atoms with van der Waals surface area (Å²) in [6.07, 6.45) is 0. The van der Waals surface area contributed by atoms with Crippen molar-refractivity contribution >= 4 is 0 Å². The molecule has 3 nitrogen and oxygen atoms in total. The normalized spacial score (nSPS) is 14.9. The van der Waals surface area contributed by atoms with Gasteiger partial charge in [-0.25, -0.2) is 0 Å². The first kappa shape index (κ1) is 22.4. The molecule has 172 valence electrons. The molecule has 0 aliphatic carbocycles. The molecule has 0 atom stereocenters. The Morgan fingerprint density at radius 2 is 1.26 bits per heavy atom. The highest BCUT2D eigenvalue weighted by Gasteiger charge is 2.26. The fraction of sp³-hybridized carbons (Fsp3) is 0.226. The molecule has 34 heavy (non-hydrogen) atoms. The lowest BCUT2D eigenvalue weighted by molar-refractivity contribution is 0.105. The molecule has 0 saturated carbocycles. The van der Waals surface area contributed by atoms with E-state index < -0.39 is 0 Å². The first-order valence-electron chi connectivity index (χ1n) is 12.1. The summed E-state index contributed by atoms with van der Waals surface area (Å²) >= 11 is 0. The first-order valence-corrected chi connectivity index (χ1v) is 12.1. The van der Waals surface area contributed by atoms with Crippen LogP contribution in [0.15, 0.2) is 109 Å². The number of nitrogens with zero attached hydrogens (tertiary/aromatic N) is 2. The third-order valence-electron chi connectivity index (χ3n) is 6.76. The van der Waals surface area contributed by atoms with E-state index in [9.17, 15) is 0 Å². The predicted octanol–water partition coefficient (Wildman–Crippen LogP) is 6.27. The second-order valence-electron chi connectivity index (χ2n) is 8.96. The van der Waals surface area contributed by atoms with Gasteiger partial charge in [-0.2, -0.15) is 0 Å². The van der Waals surface area contributed by atoms with Crippen LogP contribution in [0.2, 0.25) is 0 Å². The molecular weight excluding hydrogens is 416 g/mol. The summed E-state index contributed by atoms with van der Waals surface area (Å²) in [5.74, 6) is 0.891. The zero-order valence-electron chi connectivity index (χ0n) is 19.8. The van der Waals surface area contributed by atoms with Crippen molar-refractivity contribution in [2.45, 2.75) is 12.6 Å². The van der Waals surface area contributed by atoms with Gasteiger partial charge in [0.05, 0.1) is 13.2 Å². The number of benzene rings is 4. The van der Waals surface area contributed by atoms with E-state index in [-0.39, 0.29) is 0 Å². The van der Waals surface area contributed by atoms with Crippen LogP contribution < -0.4 is 4.74 Å². The molecule has 0 N–H and O–H groups in total. The van der Waals surface area contributed by atoms with Crippen LogP contribution in [0.3, 0.4) is 0 Å². The molecular formula is C31H32N2O. The Hall–Kier alpha value is -3.40. The Balaban J connectivity index is 1.26. The standard InChI is InChI=1S/C31H32N2O/c1-34-30-17-15-26(16-18-30)29-14-8-9-25(23-29)24-32-19-21-33(22-20-32)31(27-10-4-2-5-11-27)28-12-6-3-7-13-28/h2-18,23,31H,19-22,24H2,1H3. The highest BCUT2D eigenvalue weighted by molar-refractivity contribution is 5.64. The summed E-state index contributed by atoms with van der Waals surface area (Å²) in [5.41, 5.74) is 6.58. The molecule has 1 heterocycles. The van der Waals surface area contributed by atoms with Gasteiger partial charge in [0.15, 0.2) is 0 Å². The lowest BCUT2D eigenvalue weighted by Gasteiger charge is -2.40. The summed E-state index contributed by atoms with van der Waals surface area (Å²) in [4.78, 5) is 5.21.